The van der Waals surface area contributed by atoms with Crippen molar-refractivity contribution in [2.45, 2.75) is 6.54 Å². The molecule has 0 aliphatic carbocycles. The smallest absolute Gasteiger partial charge is 0.437 e. The van der Waals surface area contributed by atoms with Crippen molar-refractivity contribution in [3.8, 4) is 17.4 Å². The number of aromatic nitrogens is 2. The standard InChI is InChI=1S/C14H11ClN2O4/c1-19-11-5-4-10(15)7-9(11)8-17-14(18)21-13(16-17)12-3-2-6-20-12/h2-7H,8H2,1H3. The monoisotopic (exact) mass is 306 g/mol. The Bertz CT molecular complexity index is 805. The molecule has 0 spiro atoms. The second kappa shape index (κ2) is 5.49. The molecule has 0 radical (unpaired) electrons. The highest BCUT2D eigenvalue weighted by molar-refractivity contribution is 6.30. The quantitative estimate of drug-likeness (QED) is 0.741. The van der Waals surface area contributed by atoms with Crippen molar-refractivity contribution in [1.29, 1.82) is 0 Å². The molecular weight excluding hydrogens is 296 g/mol. The zero-order chi connectivity index (χ0) is 14.8. The van der Waals surface area contributed by atoms with Crippen molar-refractivity contribution < 1.29 is 13.6 Å². The first kappa shape index (κ1) is 13.5. The predicted molar refractivity (Wildman–Crippen MR) is 75.6 cm³/mol. The van der Waals surface area contributed by atoms with Gasteiger partial charge >= 0.3 is 5.76 Å². The van der Waals surface area contributed by atoms with Crippen LogP contribution in [0.2, 0.25) is 5.02 Å². The fourth-order valence-corrected chi connectivity index (χ4v) is 2.13. The van der Waals surface area contributed by atoms with Crippen LogP contribution < -0.4 is 10.5 Å². The van der Waals surface area contributed by atoms with Gasteiger partial charge in [0.1, 0.15) is 5.75 Å². The summed E-state index contributed by atoms with van der Waals surface area (Å²) in [7, 11) is 1.55. The molecule has 6 nitrogen and oxygen atoms in total. The lowest BCUT2D eigenvalue weighted by molar-refractivity contribution is 0.405. The molecule has 0 atom stereocenters. The van der Waals surface area contributed by atoms with Gasteiger partial charge in [-0.1, -0.05) is 11.6 Å². The molecule has 0 fully saturated rings. The number of ether oxygens (including phenoxy) is 1. The number of benzene rings is 1. The van der Waals surface area contributed by atoms with E-state index >= 15 is 0 Å². The largest absolute Gasteiger partial charge is 0.496 e. The van der Waals surface area contributed by atoms with Gasteiger partial charge in [0.25, 0.3) is 5.89 Å². The van der Waals surface area contributed by atoms with Gasteiger partial charge in [0.2, 0.25) is 0 Å². The van der Waals surface area contributed by atoms with Gasteiger partial charge in [-0.15, -0.1) is 5.10 Å². The summed E-state index contributed by atoms with van der Waals surface area (Å²) < 4.78 is 16.6. The fraction of sp³-hybridized carbons (Fsp3) is 0.143. The van der Waals surface area contributed by atoms with E-state index in [1.54, 1.807) is 37.4 Å². The summed E-state index contributed by atoms with van der Waals surface area (Å²) in [6.07, 6.45) is 1.48. The summed E-state index contributed by atoms with van der Waals surface area (Å²) in [5.74, 6) is 0.562. The molecule has 1 aromatic carbocycles. The fourth-order valence-electron chi connectivity index (χ4n) is 1.94. The zero-order valence-corrected chi connectivity index (χ0v) is 11.8. The van der Waals surface area contributed by atoms with Gasteiger partial charge in [0.15, 0.2) is 5.76 Å². The van der Waals surface area contributed by atoms with Crippen LogP contribution >= 0.6 is 11.6 Å². The summed E-state index contributed by atoms with van der Waals surface area (Å²) in [6.45, 7) is 0.187. The molecule has 2 aromatic heterocycles. The van der Waals surface area contributed by atoms with Gasteiger partial charge in [-0.3, -0.25) is 0 Å². The molecule has 0 aliphatic rings. The Morgan fingerprint density at radius 1 is 1.38 bits per heavy atom. The highest BCUT2D eigenvalue weighted by Gasteiger charge is 2.14. The highest BCUT2D eigenvalue weighted by Crippen LogP contribution is 2.23. The molecule has 2 heterocycles. The van der Waals surface area contributed by atoms with Crippen LogP contribution in [0.4, 0.5) is 0 Å². The van der Waals surface area contributed by atoms with Crippen molar-refractivity contribution in [3.05, 3.63) is 57.7 Å². The molecule has 3 aromatic rings. The first-order valence-electron chi connectivity index (χ1n) is 6.11. The minimum absolute atomic E-state index is 0.131. The Hall–Kier alpha value is -2.47. The summed E-state index contributed by atoms with van der Waals surface area (Å²) in [6, 6.07) is 8.51. The third-order valence-corrected chi connectivity index (χ3v) is 3.14. The molecule has 0 aliphatic heterocycles. The van der Waals surface area contributed by atoms with Crippen molar-refractivity contribution in [2.24, 2.45) is 0 Å². The van der Waals surface area contributed by atoms with Gasteiger partial charge in [-0.05, 0) is 30.3 Å². The van der Waals surface area contributed by atoms with Crippen molar-refractivity contribution in [2.75, 3.05) is 7.11 Å². The normalized spacial score (nSPS) is 10.8. The Balaban J connectivity index is 1.96. The number of hydrogen-bond acceptors (Lipinski definition) is 5. The van der Waals surface area contributed by atoms with E-state index in [1.165, 1.54) is 10.9 Å². The van der Waals surface area contributed by atoms with Crippen LogP contribution in [0.15, 0.2) is 50.2 Å². The maximum atomic E-state index is 11.8. The van der Waals surface area contributed by atoms with Crippen LogP contribution in [-0.2, 0) is 6.54 Å². The second-order valence-corrected chi connectivity index (χ2v) is 4.70. The molecule has 108 valence electrons. The SMILES string of the molecule is COc1ccc(Cl)cc1Cn1nc(-c2ccco2)oc1=O. The van der Waals surface area contributed by atoms with Crippen LogP contribution in [0, 0.1) is 0 Å². The summed E-state index contributed by atoms with van der Waals surface area (Å²) in [5, 5.41) is 4.65. The lowest BCUT2D eigenvalue weighted by Crippen LogP contribution is -2.17. The molecule has 7 heteroatoms. The lowest BCUT2D eigenvalue weighted by Gasteiger charge is -2.07. The number of halogens is 1. The van der Waals surface area contributed by atoms with Crippen LogP contribution in [0.3, 0.4) is 0 Å². The summed E-state index contributed by atoms with van der Waals surface area (Å²) in [4.78, 5) is 11.8. The van der Waals surface area contributed by atoms with Crippen molar-refractivity contribution in [3.63, 3.8) is 0 Å². The third-order valence-electron chi connectivity index (χ3n) is 2.90. The van der Waals surface area contributed by atoms with Crippen LogP contribution in [0.5, 0.6) is 5.75 Å². The van der Waals surface area contributed by atoms with Gasteiger partial charge in [0, 0.05) is 10.6 Å². The average Bonchev–Trinajstić information content (AvgIpc) is 3.10. The van der Waals surface area contributed by atoms with E-state index < -0.39 is 5.76 Å². The van der Waals surface area contributed by atoms with E-state index in [4.69, 9.17) is 25.2 Å². The van der Waals surface area contributed by atoms with Gasteiger partial charge in [-0.2, -0.15) is 4.68 Å². The van der Waals surface area contributed by atoms with Crippen LogP contribution in [0.1, 0.15) is 5.56 Å². The molecule has 0 bridgehead atoms. The van der Waals surface area contributed by atoms with E-state index in [1.807, 2.05) is 0 Å². The Kier molecular flexibility index (Phi) is 3.53. The van der Waals surface area contributed by atoms with Crippen molar-refractivity contribution in [1.82, 2.24) is 9.78 Å². The van der Waals surface area contributed by atoms with Gasteiger partial charge in [-0.25, -0.2) is 4.79 Å². The van der Waals surface area contributed by atoms with Crippen LogP contribution in [0.25, 0.3) is 11.7 Å². The average molecular weight is 307 g/mol. The number of methoxy groups -OCH3 is 1. The number of furan rings is 1. The molecule has 0 amide bonds. The van der Waals surface area contributed by atoms with E-state index in [0.29, 0.717) is 16.5 Å². The van der Waals surface area contributed by atoms with E-state index in [2.05, 4.69) is 5.10 Å². The molecule has 0 saturated heterocycles. The minimum Gasteiger partial charge on any atom is -0.496 e. The number of rotatable bonds is 4. The predicted octanol–water partition coefficient (Wildman–Crippen LogP) is 2.81. The van der Waals surface area contributed by atoms with Gasteiger partial charge < -0.3 is 13.6 Å². The Morgan fingerprint density at radius 3 is 2.95 bits per heavy atom. The summed E-state index contributed by atoms with van der Waals surface area (Å²) in [5.41, 5.74) is 0.728. The Morgan fingerprint density at radius 2 is 2.24 bits per heavy atom. The highest BCUT2D eigenvalue weighted by atomic mass is 35.5. The number of nitrogens with zero attached hydrogens (tertiary/aromatic N) is 2. The van der Waals surface area contributed by atoms with E-state index in [-0.39, 0.29) is 12.4 Å². The van der Waals surface area contributed by atoms with Crippen LogP contribution in [-0.4, -0.2) is 16.9 Å². The lowest BCUT2D eigenvalue weighted by atomic mass is 10.2. The molecule has 0 saturated carbocycles. The first-order chi connectivity index (χ1) is 10.2. The summed E-state index contributed by atoms with van der Waals surface area (Å²) >= 11 is 5.96. The molecule has 0 N–H and O–H groups in total. The molecule has 3 rings (SSSR count). The van der Waals surface area contributed by atoms with Gasteiger partial charge in [0.05, 0.1) is 19.9 Å². The number of hydrogen-bond donors (Lipinski definition) is 0. The second-order valence-electron chi connectivity index (χ2n) is 4.26. The molecular formula is C14H11ClN2O4. The maximum absolute atomic E-state index is 11.8. The zero-order valence-electron chi connectivity index (χ0n) is 11.1. The van der Waals surface area contributed by atoms with Crippen molar-refractivity contribution >= 4 is 11.6 Å². The molecule has 21 heavy (non-hydrogen) atoms. The topological polar surface area (TPSA) is 70.4 Å². The first-order valence-corrected chi connectivity index (χ1v) is 6.49. The minimum atomic E-state index is -0.580. The maximum Gasteiger partial charge on any atom is 0.437 e. The Labute approximate surface area is 124 Å². The van der Waals surface area contributed by atoms with E-state index in [0.717, 1.165) is 5.56 Å². The van der Waals surface area contributed by atoms with E-state index in [9.17, 15) is 4.79 Å². The molecule has 0 unspecified atom stereocenters. The third kappa shape index (κ3) is 2.71.